The number of hydrogen-bond donors (Lipinski definition) is 6. The number of oxime groups is 1. The van der Waals surface area contributed by atoms with Crippen LogP contribution in [0.15, 0.2) is 52.2 Å². The van der Waals surface area contributed by atoms with E-state index in [1.54, 1.807) is 29.1 Å². The lowest BCUT2D eigenvalue weighted by molar-refractivity contribution is -0.666. The number of nitrogens with zero attached hydrogens (tertiary/aromatic N) is 6. The molecule has 3 aliphatic rings. The van der Waals surface area contributed by atoms with Crippen LogP contribution in [0, 0.1) is 0 Å². The Balaban J connectivity index is 1.36. The van der Waals surface area contributed by atoms with E-state index in [0.29, 0.717) is 27.8 Å². The molecule has 35 heavy (non-hydrogen) atoms. The Morgan fingerprint density at radius 1 is 1.37 bits per heavy atom. The molecule has 182 valence electrons. The first-order valence-corrected chi connectivity index (χ1v) is 11.9. The summed E-state index contributed by atoms with van der Waals surface area (Å²) in [4.78, 5) is 41.6. The van der Waals surface area contributed by atoms with Crippen molar-refractivity contribution in [3.8, 4) is 0 Å². The Hall–Kier alpha value is -3.96. The normalized spacial score (nSPS) is 22.2. The van der Waals surface area contributed by atoms with Gasteiger partial charge < -0.3 is 27.1 Å². The third kappa shape index (κ3) is 3.78. The van der Waals surface area contributed by atoms with Gasteiger partial charge in [0.1, 0.15) is 28.7 Å². The molecular formula is C18H19N10O5S2+. The van der Waals surface area contributed by atoms with E-state index in [1.807, 2.05) is 0 Å². The van der Waals surface area contributed by atoms with E-state index in [-0.39, 0.29) is 12.2 Å². The summed E-state index contributed by atoms with van der Waals surface area (Å²) in [5, 5.41) is 29.6. The van der Waals surface area contributed by atoms with E-state index in [4.69, 9.17) is 11.5 Å². The number of rotatable bonds is 4. The van der Waals surface area contributed by atoms with Crippen LogP contribution in [0.1, 0.15) is 0 Å². The fourth-order valence-electron chi connectivity index (χ4n) is 3.97. The van der Waals surface area contributed by atoms with Crippen molar-refractivity contribution in [3.63, 3.8) is 0 Å². The Morgan fingerprint density at radius 2 is 2.17 bits per heavy atom. The number of amides is 2. The van der Waals surface area contributed by atoms with Crippen LogP contribution < -0.4 is 26.2 Å². The molecule has 1 saturated heterocycles. The predicted molar refractivity (Wildman–Crippen MR) is 124 cm³/mol. The van der Waals surface area contributed by atoms with Crippen LogP contribution in [0.3, 0.4) is 0 Å². The van der Waals surface area contributed by atoms with Crippen LogP contribution in [0.5, 0.6) is 0 Å². The molecule has 0 saturated carbocycles. The molecule has 8 N–H and O–H groups in total. The first kappa shape index (κ1) is 22.8. The molecule has 0 aromatic carbocycles. The minimum Gasteiger partial charge on any atom is -0.477 e. The van der Waals surface area contributed by atoms with Crippen LogP contribution >= 0.6 is 23.7 Å². The fourth-order valence-corrected chi connectivity index (χ4v) is 5.80. The molecule has 0 unspecified atom stereocenters. The van der Waals surface area contributed by atoms with Crippen molar-refractivity contribution in [1.82, 2.24) is 29.7 Å². The van der Waals surface area contributed by atoms with E-state index < -0.39 is 35.0 Å². The molecule has 0 spiro atoms. The second-order valence-electron chi connectivity index (χ2n) is 7.61. The highest BCUT2D eigenvalue weighted by atomic mass is 32.2. The predicted octanol–water partition coefficient (Wildman–Crippen LogP) is -2.04. The lowest BCUT2D eigenvalue weighted by Gasteiger charge is -2.49. The summed E-state index contributed by atoms with van der Waals surface area (Å²) in [5.74, 6) is -2.36. The average molecular weight is 520 g/mol. The number of carboxylic acids is 1. The zero-order chi connectivity index (χ0) is 24.9. The molecule has 2 amide bonds. The number of carboxylic acid groups (broad SMARTS) is 1. The molecule has 0 bridgehead atoms. The maximum Gasteiger partial charge on any atom is 0.352 e. The van der Waals surface area contributed by atoms with Gasteiger partial charge in [0.2, 0.25) is 5.82 Å². The second-order valence-corrected chi connectivity index (χ2v) is 9.57. The number of nitrogen functional groups attached to an aromatic ring is 1. The number of hydrogen-bond acceptors (Lipinski definition) is 11. The molecule has 2 aromatic rings. The molecule has 2 aromatic heterocycles. The van der Waals surface area contributed by atoms with E-state index >= 15 is 0 Å². The van der Waals surface area contributed by atoms with Gasteiger partial charge in [-0.15, -0.1) is 11.8 Å². The molecule has 17 heteroatoms. The average Bonchev–Trinajstić information content (AvgIpc) is 3.49. The lowest BCUT2D eigenvalue weighted by atomic mass is 10.0. The topological polar surface area (TPSA) is 208 Å². The van der Waals surface area contributed by atoms with E-state index in [2.05, 4.69) is 20.4 Å². The van der Waals surface area contributed by atoms with Gasteiger partial charge in [-0.1, -0.05) is 14.8 Å². The first-order chi connectivity index (χ1) is 16.8. The van der Waals surface area contributed by atoms with Crippen LogP contribution in [0.2, 0.25) is 0 Å². The maximum absolute atomic E-state index is 12.9. The van der Waals surface area contributed by atoms with Gasteiger partial charge in [0.25, 0.3) is 17.6 Å². The first-order valence-electron chi connectivity index (χ1n) is 10.0. The number of aromatic nitrogens is 3. The van der Waals surface area contributed by atoms with Crippen molar-refractivity contribution in [2.24, 2.45) is 10.9 Å². The number of aliphatic carboxylic acids is 1. The molecule has 5 rings (SSSR count). The Bertz CT molecular complexity index is 1350. The summed E-state index contributed by atoms with van der Waals surface area (Å²) in [6.07, 6.45) is 4.64. The van der Waals surface area contributed by atoms with Gasteiger partial charge in [0, 0.05) is 17.4 Å². The molecule has 15 nitrogen and oxygen atoms in total. The smallest absolute Gasteiger partial charge is 0.352 e. The highest BCUT2D eigenvalue weighted by Crippen LogP contribution is 2.40. The van der Waals surface area contributed by atoms with Crippen molar-refractivity contribution < 1.29 is 29.3 Å². The van der Waals surface area contributed by atoms with Crippen molar-refractivity contribution in [3.05, 3.63) is 47.0 Å². The van der Waals surface area contributed by atoms with Gasteiger partial charge in [0.15, 0.2) is 0 Å². The number of fused-ring (bicyclic) bond motifs is 2. The quantitative estimate of drug-likeness (QED) is 0.0491. The SMILES string of the molecule is NC1=CN(/C(=N/O)C(=O)N[C@@H]2C(=O)N3C(C(=O)O)=C(C[n+]4ccc(N)n5nccc54)CS[C@H]23)NS1. The third-order valence-corrected chi connectivity index (χ3v) is 7.50. The Morgan fingerprint density at radius 3 is 2.86 bits per heavy atom. The highest BCUT2D eigenvalue weighted by Gasteiger charge is 2.54. The van der Waals surface area contributed by atoms with Gasteiger partial charge in [-0.2, -0.15) is 4.83 Å². The van der Waals surface area contributed by atoms with Crippen LogP contribution in [-0.2, 0) is 20.9 Å². The highest BCUT2D eigenvalue weighted by molar-refractivity contribution is 8.01. The zero-order valence-corrected chi connectivity index (χ0v) is 19.4. The number of anilines is 1. The summed E-state index contributed by atoms with van der Waals surface area (Å²) in [7, 11) is 0. The summed E-state index contributed by atoms with van der Waals surface area (Å²) < 4.78 is 3.31. The van der Waals surface area contributed by atoms with Gasteiger partial charge >= 0.3 is 11.6 Å². The lowest BCUT2D eigenvalue weighted by Crippen LogP contribution is -2.71. The van der Waals surface area contributed by atoms with Crippen molar-refractivity contribution in [1.29, 1.82) is 0 Å². The van der Waals surface area contributed by atoms with Gasteiger partial charge in [-0.05, 0) is 11.9 Å². The number of nitrogens with two attached hydrogens (primary N) is 2. The minimum atomic E-state index is -1.25. The summed E-state index contributed by atoms with van der Waals surface area (Å²) in [6.45, 7) is 0.199. The number of β-lactam (4-membered cyclic amide) rings is 1. The zero-order valence-electron chi connectivity index (χ0n) is 17.7. The maximum atomic E-state index is 12.9. The fraction of sp³-hybridized carbons (Fsp3) is 0.222. The standard InChI is InChI=1S/C18H18N10O5S2/c19-9-2-4-25(11-1-3-21-28(9)11)5-8-7-34-17-12(16(30)27(17)13(8)18(31)32)22-15(29)14(23-33)26-6-10(20)35-24-26/h1-4,6,12,17,19,24H,5,7,20H2,(H3,22,29,31,32,33)/p+1/t12-,17-/m1/s1. The van der Waals surface area contributed by atoms with Gasteiger partial charge in [-0.25, -0.2) is 14.4 Å². The molecule has 1 fully saturated rings. The van der Waals surface area contributed by atoms with Crippen molar-refractivity contribution >= 4 is 58.8 Å². The van der Waals surface area contributed by atoms with Crippen molar-refractivity contribution in [2.75, 3.05) is 11.5 Å². The Kier molecular flexibility index (Phi) is 5.65. The second kappa shape index (κ2) is 8.67. The van der Waals surface area contributed by atoms with Crippen molar-refractivity contribution in [2.45, 2.75) is 18.0 Å². The van der Waals surface area contributed by atoms with Gasteiger partial charge in [-0.3, -0.25) is 14.5 Å². The van der Waals surface area contributed by atoms with Crippen LogP contribution in [0.25, 0.3) is 5.65 Å². The Labute approximate surface area is 205 Å². The van der Waals surface area contributed by atoms with Crippen LogP contribution in [0.4, 0.5) is 5.82 Å². The number of nitrogens with one attached hydrogen (secondary N) is 2. The third-order valence-electron chi connectivity index (χ3n) is 5.53. The minimum absolute atomic E-state index is 0.129. The van der Waals surface area contributed by atoms with E-state index in [0.717, 1.165) is 17.0 Å². The number of carbonyl (C=O) groups excluding carboxylic acids is 2. The molecule has 0 radical (unpaired) electrons. The molecule has 0 aliphatic carbocycles. The number of hydrazine groups is 1. The number of carbonyl (C=O) groups is 3. The van der Waals surface area contributed by atoms with E-state index in [9.17, 15) is 24.7 Å². The molecular weight excluding hydrogens is 500 g/mol. The number of thioether (sulfide) groups is 1. The van der Waals surface area contributed by atoms with Gasteiger partial charge in [0.05, 0.1) is 24.7 Å². The summed E-state index contributed by atoms with van der Waals surface area (Å²) in [6, 6.07) is 2.40. The molecule has 5 heterocycles. The van der Waals surface area contributed by atoms with E-state index in [1.165, 1.54) is 27.4 Å². The summed E-state index contributed by atoms with van der Waals surface area (Å²) in [5.41, 5.74) is 12.6. The van der Waals surface area contributed by atoms with Crippen LogP contribution in [-0.4, -0.2) is 70.6 Å². The molecule has 3 aliphatic heterocycles. The summed E-state index contributed by atoms with van der Waals surface area (Å²) >= 11 is 2.33. The largest absolute Gasteiger partial charge is 0.477 e. The molecule has 2 atom stereocenters. The monoisotopic (exact) mass is 519 g/mol. The number of amidine groups is 1.